The van der Waals surface area contributed by atoms with Crippen LogP contribution >= 0.6 is 11.6 Å². The summed E-state index contributed by atoms with van der Waals surface area (Å²) in [6, 6.07) is 7.68. The van der Waals surface area contributed by atoms with Crippen molar-refractivity contribution < 1.29 is 9.53 Å². The van der Waals surface area contributed by atoms with E-state index in [0.717, 1.165) is 24.3 Å². The van der Waals surface area contributed by atoms with Gasteiger partial charge in [-0.1, -0.05) is 12.1 Å². The highest BCUT2D eigenvalue weighted by molar-refractivity contribution is 6.17. The number of anilines is 1. The third-order valence-corrected chi connectivity index (χ3v) is 3.06. The van der Waals surface area contributed by atoms with Crippen molar-refractivity contribution in [1.29, 1.82) is 0 Å². The highest BCUT2D eigenvalue weighted by atomic mass is 35.5. The molecule has 0 aromatic heterocycles. The lowest BCUT2D eigenvalue weighted by molar-refractivity contribution is -0.118. The summed E-state index contributed by atoms with van der Waals surface area (Å²) >= 11 is 5.66. The van der Waals surface area contributed by atoms with Crippen LogP contribution in [0.2, 0.25) is 0 Å². The number of carbonyl (C=O) groups excluding carboxylic acids is 1. The maximum absolute atomic E-state index is 12.0. The molecule has 0 spiro atoms. The number of para-hydroxylation sites is 2. The van der Waals surface area contributed by atoms with Crippen LogP contribution in [0, 0.1) is 0 Å². The Bertz CT molecular complexity index is 395. The molecule has 0 saturated carbocycles. The minimum Gasteiger partial charge on any atom is -0.491 e. The SMILES string of the molecule is O=C1CCOc2ccccc2N1CCCCCl. The van der Waals surface area contributed by atoms with E-state index in [1.54, 1.807) is 0 Å². The molecular formula is C13H16ClNO2. The van der Waals surface area contributed by atoms with Gasteiger partial charge in [-0.15, -0.1) is 11.6 Å². The summed E-state index contributed by atoms with van der Waals surface area (Å²) in [5.74, 6) is 1.56. The van der Waals surface area contributed by atoms with Crippen LogP contribution in [-0.2, 0) is 4.79 Å². The number of nitrogens with zero attached hydrogens (tertiary/aromatic N) is 1. The Morgan fingerprint density at radius 1 is 1.29 bits per heavy atom. The first kappa shape index (κ1) is 12.2. The Morgan fingerprint density at radius 3 is 2.94 bits per heavy atom. The quantitative estimate of drug-likeness (QED) is 0.610. The van der Waals surface area contributed by atoms with E-state index in [9.17, 15) is 4.79 Å². The lowest BCUT2D eigenvalue weighted by Crippen LogP contribution is -2.31. The molecule has 0 aliphatic carbocycles. The zero-order valence-electron chi connectivity index (χ0n) is 9.69. The molecule has 1 heterocycles. The summed E-state index contributed by atoms with van der Waals surface area (Å²) in [4.78, 5) is 13.8. The first-order chi connectivity index (χ1) is 8.33. The number of benzene rings is 1. The summed E-state index contributed by atoms with van der Waals surface area (Å²) in [5.41, 5.74) is 0.879. The Balaban J connectivity index is 2.18. The van der Waals surface area contributed by atoms with Crippen molar-refractivity contribution in [1.82, 2.24) is 0 Å². The fraction of sp³-hybridized carbons (Fsp3) is 0.462. The van der Waals surface area contributed by atoms with Gasteiger partial charge in [-0.2, -0.15) is 0 Å². The largest absolute Gasteiger partial charge is 0.491 e. The second-order valence-electron chi connectivity index (χ2n) is 4.01. The van der Waals surface area contributed by atoms with Crippen LogP contribution < -0.4 is 9.64 Å². The molecule has 1 aliphatic rings. The minimum absolute atomic E-state index is 0.129. The number of amides is 1. The van der Waals surface area contributed by atoms with E-state index in [1.165, 1.54) is 0 Å². The molecule has 0 bridgehead atoms. The molecule has 0 unspecified atom stereocenters. The molecule has 1 amide bonds. The van der Waals surface area contributed by atoms with E-state index in [0.29, 0.717) is 25.5 Å². The second-order valence-corrected chi connectivity index (χ2v) is 4.39. The molecule has 2 rings (SSSR count). The Kier molecular flexibility index (Phi) is 4.26. The second kappa shape index (κ2) is 5.92. The summed E-state index contributed by atoms with van der Waals surface area (Å²) in [6.45, 7) is 1.17. The van der Waals surface area contributed by atoms with Crippen molar-refractivity contribution in [3.63, 3.8) is 0 Å². The van der Waals surface area contributed by atoms with Crippen molar-refractivity contribution in [2.45, 2.75) is 19.3 Å². The molecule has 1 aromatic carbocycles. The van der Waals surface area contributed by atoms with Crippen LogP contribution in [0.3, 0.4) is 0 Å². The van der Waals surface area contributed by atoms with E-state index in [4.69, 9.17) is 16.3 Å². The predicted octanol–water partition coefficient (Wildman–Crippen LogP) is 2.82. The van der Waals surface area contributed by atoms with Gasteiger partial charge < -0.3 is 9.64 Å². The van der Waals surface area contributed by atoms with E-state index in [-0.39, 0.29) is 5.91 Å². The monoisotopic (exact) mass is 253 g/mol. The molecule has 0 atom stereocenters. The third-order valence-electron chi connectivity index (χ3n) is 2.80. The molecule has 17 heavy (non-hydrogen) atoms. The van der Waals surface area contributed by atoms with Gasteiger partial charge in [0.1, 0.15) is 5.75 Å². The van der Waals surface area contributed by atoms with E-state index < -0.39 is 0 Å². The normalized spacial score (nSPS) is 15.1. The zero-order valence-corrected chi connectivity index (χ0v) is 10.4. The zero-order chi connectivity index (χ0) is 12.1. The van der Waals surface area contributed by atoms with Crippen LogP contribution in [0.1, 0.15) is 19.3 Å². The average molecular weight is 254 g/mol. The van der Waals surface area contributed by atoms with Crippen molar-refractivity contribution in [2.24, 2.45) is 0 Å². The molecule has 4 heteroatoms. The van der Waals surface area contributed by atoms with Gasteiger partial charge in [-0.25, -0.2) is 0 Å². The predicted molar refractivity (Wildman–Crippen MR) is 68.9 cm³/mol. The molecule has 3 nitrogen and oxygen atoms in total. The molecule has 0 radical (unpaired) electrons. The van der Waals surface area contributed by atoms with Gasteiger partial charge in [0, 0.05) is 12.4 Å². The average Bonchev–Trinajstić information content (AvgIpc) is 2.50. The van der Waals surface area contributed by atoms with Gasteiger partial charge in [0.2, 0.25) is 5.91 Å². The van der Waals surface area contributed by atoms with Crippen LogP contribution in [0.25, 0.3) is 0 Å². The van der Waals surface area contributed by atoms with Crippen LogP contribution in [0.5, 0.6) is 5.75 Å². The number of hydrogen-bond acceptors (Lipinski definition) is 2. The van der Waals surface area contributed by atoms with Gasteiger partial charge in [-0.3, -0.25) is 4.79 Å². The molecule has 0 fully saturated rings. The topological polar surface area (TPSA) is 29.5 Å². The number of ether oxygens (including phenoxy) is 1. The molecule has 0 saturated heterocycles. The molecule has 1 aromatic rings. The summed E-state index contributed by atoms with van der Waals surface area (Å²) in [5, 5.41) is 0. The van der Waals surface area contributed by atoms with Crippen molar-refractivity contribution in [3.8, 4) is 5.75 Å². The van der Waals surface area contributed by atoms with Crippen molar-refractivity contribution >= 4 is 23.2 Å². The third kappa shape index (κ3) is 2.91. The lowest BCUT2D eigenvalue weighted by atomic mass is 10.2. The maximum atomic E-state index is 12.0. The molecule has 92 valence electrons. The van der Waals surface area contributed by atoms with Gasteiger partial charge in [0.15, 0.2) is 0 Å². The maximum Gasteiger partial charge on any atom is 0.230 e. The number of rotatable bonds is 4. The first-order valence-corrected chi connectivity index (χ1v) is 6.44. The highest BCUT2D eigenvalue weighted by Gasteiger charge is 2.22. The Hall–Kier alpha value is -1.22. The van der Waals surface area contributed by atoms with E-state index in [2.05, 4.69) is 0 Å². The fourth-order valence-electron chi connectivity index (χ4n) is 1.93. The van der Waals surface area contributed by atoms with E-state index >= 15 is 0 Å². The van der Waals surface area contributed by atoms with E-state index in [1.807, 2.05) is 29.2 Å². The van der Waals surface area contributed by atoms with Gasteiger partial charge in [0.25, 0.3) is 0 Å². The Morgan fingerprint density at radius 2 is 2.12 bits per heavy atom. The summed E-state index contributed by atoms with van der Waals surface area (Å²) in [7, 11) is 0. The first-order valence-electron chi connectivity index (χ1n) is 5.91. The Labute approximate surface area is 106 Å². The standard InChI is InChI=1S/C13H16ClNO2/c14-8-3-4-9-15-11-5-1-2-6-12(11)17-10-7-13(15)16/h1-2,5-6H,3-4,7-10H2. The van der Waals surface area contributed by atoms with Crippen LogP contribution in [-0.4, -0.2) is 24.9 Å². The molecule has 1 aliphatic heterocycles. The summed E-state index contributed by atoms with van der Waals surface area (Å²) in [6.07, 6.45) is 2.29. The number of hydrogen-bond donors (Lipinski definition) is 0. The van der Waals surface area contributed by atoms with Gasteiger partial charge in [-0.05, 0) is 25.0 Å². The van der Waals surface area contributed by atoms with Crippen LogP contribution in [0.15, 0.2) is 24.3 Å². The number of alkyl halides is 1. The summed E-state index contributed by atoms with van der Waals surface area (Å²) < 4.78 is 5.57. The van der Waals surface area contributed by atoms with Crippen molar-refractivity contribution in [3.05, 3.63) is 24.3 Å². The van der Waals surface area contributed by atoms with Crippen LogP contribution in [0.4, 0.5) is 5.69 Å². The lowest BCUT2D eigenvalue weighted by Gasteiger charge is -2.21. The van der Waals surface area contributed by atoms with Gasteiger partial charge in [0.05, 0.1) is 18.7 Å². The number of carbonyl (C=O) groups is 1. The number of fused-ring (bicyclic) bond motifs is 1. The highest BCUT2D eigenvalue weighted by Crippen LogP contribution is 2.31. The smallest absolute Gasteiger partial charge is 0.230 e. The fourth-order valence-corrected chi connectivity index (χ4v) is 2.12. The number of unbranched alkanes of at least 4 members (excludes halogenated alkanes) is 1. The van der Waals surface area contributed by atoms with Crippen molar-refractivity contribution in [2.75, 3.05) is 23.9 Å². The molecule has 0 N–H and O–H groups in total. The number of halogens is 1. The minimum atomic E-state index is 0.129. The van der Waals surface area contributed by atoms with Gasteiger partial charge >= 0.3 is 0 Å². The molecular weight excluding hydrogens is 238 g/mol.